The maximum atomic E-state index is 4.37. The van der Waals surface area contributed by atoms with E-state index in [1.807, 2.05) is 0 Å². The Morgan fingerprint density at radius 2 is 2.23 bits per heavy atom. The van der Waals surface area contributed by atoms with E-state index in [-0.39, 0.29) is 0 Å². The fourth-order valence-corrected chi connectivity index (χ4v) is 1.59. The lowest BCUT2D eigenvalue weighted by molar-refractivity contribution is 0.535. The average Bonchev–Trinajstić information content (AvgIpc) is 2.55. The van der Waals surface area contributed by atoms with E-state index < -0.39 is 0 Å². The normalized spacial score (nSPS) is 16.4. The second-order valence-corrected chi connectivity index (χ2v) is 4.25. The first kappa shape index (κ1) is 10.6. The summed E-state index contributed by atoms with van der Waals surface area (Å²) in [6.07, 6.45) is 6.40. The van der Waals surface area contributed by atoms with E-state index >= 15 is 0 Å². The Bertz CT molecular complexity index is 161. The smallest absolute Gasteiger partial charge is 0.0963 e. The Kier molecular flexibility index (Phi) is 4.87. The molecular weight excluding hydrogens is 160 g/mol. The molecule has 0 aliphatic carbocycles. The first-order valence-corrected chi connectivity index (χ1v) is 5.56. The highest BCUT2D eigenvalue weighted by molar-refractivity contribution is 5.83. The van der Waals surface area contributed by atoms with Crippen molar-refractivity contribution in [3.8, 4) is 0 Å². The molecule has 0 aromatic rings. The first-order chi connectivity index (χ1) is 6.29. The van der Waals surface area contributed by atoms with Crippen molar-refractivity contribution < 1.29 is 0 Å². The minimum atomic E-state index is 0.851. The number of hydrogen-bond donors (Lipinski definition) is 1. The van der Waals surface area contributed by atoms with Crippen molar-refractivity contribution in [2.24, 2.45) is 10.9 Å². The maximum absolute atomic E-state index is 4.37. The van der Waals surface area contributed by atoms with Crippen LogP contribution in [0.1, 0.15) is 46.0 Å². The molecule has 0 saturated carbocycles. The van der Waals surface area contributed by atoms with Crippen LogP contribution in [0.2, 0.25) is 0 Å². The molecule has 0 atom stereocenters. The van der Waals surface area contributed by atoms with Crippen molar-refractivity contribution in [1.29, 1.82) is 0 Å². The van der Waals surface area contributed by atoms with Gasteiger partial charge in [-0.2, -0.15) is 0 Å². The van der Waals surface area contributed by atoms with Crippen LogP contribution in [0.4, 0.5) is 0 Å². The van der Waals surface area contributed by atoms with E-state index in [0.717, 1.165) is 19.0 Å². The molecule has 0 saturated heterocycles. The lowest BCUT2D eigenvalue weighted by atomic mass is 10.1. The van der Waals surface area contributed by atoms with Gasteiger partial charge in [-0.05, 0) is 18.8 Å². The zero-order valence-corrected chi connectivity index (χ0v) is 8.97. The molecule has 1 aliphatic rings. The summed E-state index contributed by atoms with van der Waals surface area (Å²) in [4.78, 5) is 4.37. The van der Waals surface area contributed by atoms with E-state index in [4.69, 9.17) is 0 Å². The molecule has 1 rings (SSSR count). The molecule has 1 N–H and O–H groups in total. The van der Waals surface area contributed by atoms with E-state index in [1.165, 1.54) is 37.9 Å². The van der Waals surface area contributed by atoms with Crippen LogP contribution in [-0.4, -0.2) is 18.9 Å². The van der Waals surface area contributed by atoms with Crippen molar-refractivity contribution in [3.63, 3.8) is 0 Å². The molecule has 1 heterocycles. The highest BCUT2D eigenvalue weighted by atomic mass is 15.0. The van der Waals surface area contributed by atoms with Gasteiger partial charge >= 0.3 is 0 Å². The summed E-state index contributed by atoms with van der Waals surface area (Å²) in [5.41, 5.74) is 0. The molecule has 1 aliphatic heterocycles. The number of amidine groups is 1. The van der Waals surface area contributed by atoms with Crippen LogP contribution in [0.5, 0.6) is 0 Å². The lowest BCUT2D eigenvalue weighted by Gasteiger charge is -2.06. The van der Waals surface area contributed by atoms with Gasteiger partial charge in [0.15, 0.2) is 0 Å². The van der Waals surface area contributed by atoms with Crippen molar-refractivity contribution >= 4 is 5.84 Å². The van der Waals surface area contributed by atoms with Crippen molar-refractivity contribution in [2.45, 2.75) is 46.0 Å². The number of nitrogens with zero attached hydrogens (tertiary/aromatic N) is 1. The summed E-state index contributed by atoms with van der Waals surface area (Å²) in [5, 5.41) is 3.41. The quantitative estimate of drug-likeness (QED) is 0.649. The Balaban J connectivity index is 1.89. The van der Waals surface area contributed by atoms with Gasteiger partial charge in [0.2, 0.25) is 0 Å². The van der Waals surface area contributed by atoms with Crippen molar-refractivity contribution in [1.82, 2.24) is 5.32 Å². The lowest BCUT2D eigenvalue weighted by Crippen LogP contribution is -2.22. The number of rotatable bonds is 5. The van der Waals surface area contributed by atoms with Gasteiger partial charge in [-0.3, -0.25) is 4.99 Å². The van der Waals surface area contributed by atoms with Crippen LogP contribution < -0.4 is 5.32 Å². The summed E-state index contributed by atoms with van der Waals surface area (Å²) in [5.74, 6) is 2.09. The number of hydrogen-bond acceptors (Lipinski definition) is 2. The third-order valence-corrected chi connectivity index (χ3v) is 2.41. The predicted octanol–water partition coefficient (Wildman–Crippen LogP) is 2.59. The monoisotopic (exact) mass is 182 g/mol. The fourth-order valence-electron chi connectivity index (χ4n) is 1.59. The third kappa shape index (κ3) is 4.91. The number of unbranched alkanes of at least 4 members (excludes halogenated alkanes) is 1. The van der Waals surface area contributed by atoms with Crippen LogP contribution in [-0.2, 0) is 0 Å². The molecule has 0 radical (unpaired) electrons. The van der Waals surface area contributed by atoms with Gasteiger partial charge < -0.3 is 5.32 Å². The molecule has 0 spiro atoms. The average molecular weight is 182 g/mol. The van der Waals surface area contributed by atoms with Gasteiger partial charge in [0.05, 0.1) is 5.84 Å². The number of nitrogens with one attached hydrogen (secondary N) is 1. The van der Waals surface area contributed by atoms with Gasteiger partial charge in [-0.1, -0.05) is 26.7 Å². The highest BCUT2D eigenvalue weighted by Gasteiger charge is 2.03. The van der Waals surface area contributed by atoms with Gasteiger partial charge in [0, 0.05) is 19.5 Å². The summed E-state index contributed by atoms with van der Waals surface area (Å²) >= 11 is 0. The van der Waals surface area contributed by atoms with Crippen LogP contribution in [0.25, 0.3) is 0 Å². The van der Waals surface area contributed by atoms with Gasteiger partial charge in [-0.15, -0.1) is 0 Å². The van der Waals surface area contributed by atoms with E-state index in [9.17, 15) is 0 Å². The highest BCUT2D eigenvalue weighted by Crippen LogP contribution is 2.06. The third-order valence-electron chi connectivity index (χ3n) is 2.41. The molecule has 76 valence electrons. The second kappa shape index (κ2) is 6.01. The predicted molar refractivity (Wildman–Crippen MR) is 58.2 cm³/mol. The Morgan fingerprint density at radius 3 is 2.85 bits per heavy atom. The van der Waals surface area contributed by atoms with Crippen molar-refractivity contribution in [3.05, 3.63) is 0 Å². The van der Waals surface area contributed by atoms with Crippen LogP contribution in [0.3, 0.4) is 0 Å². The molecule has 0 fully saturated rings. The minimum Gasteiger partial charge on any atom is -0.374 e. The Hall–Kier alpha value is -0.530. The van der Waals surface area contributed by atoms with E-state index in [0.29, 0.717) is 0 Å². The molecule has 0 bridgehead atoms. The van der Waals surface area contributed by atoms with E-state index in [2.05, 4.69) is 24.2 Å². The summed E-state index contributed by atoms with van der Waals surface area (Å²) < 4.78 is 0. The zero-order chi connectivity index (χ0) is 9.52. The van der Waals surface area contributed by atoms with Gasteiger partial charge in [0.25, 0.3) is 0 Å². The summed E-state index contributed by atoms with van der Waals surface area (Å²) in [6.45, 7) is 6.73. The summed E-state index contributed by atoms with van der Waals surface area (Å²) in [7, 11) is 0. The fraction of sp³-hybridized carbons (Fsp3) is 0.909. The van der Waals surface area contributed by atoms with Crippen LogP contribution in [0.15, 0.2) is 4.99 Å². The molecule has 2 heteroatoms. The minimum absolute atomic E-state index is 0.851. The Labute approximate surface area is 81.8 Å². The Morgan fingerprint density at radius 1 is 1.38 bits per heavy atom. The largest absolute Gasteiger partial charge is 0.374 e. The molecule has 0 amide bonds. The molecule has 0 aromatic heterocycles. The molecular formula is C11H22N2. The SMILES string of the molecule is CC(C)CCCCNC1=NCCC1. The second-order valence-electron chi connectivity index (χ2n) is 4.25. The molecule has 13 heavy (non-hydrogen) atoms. The standard InChI is InChI=1S/C11H22N2/c1-10(2)6-3-4-8-12-11-7-5-9-13-11/h10H,3-9H2,1-2H3,(H,12,13). The summed E-state index contributed by atoms with van der Waals surface area (Å²) in [6, 6.07) is 0. The number of aliphatic imine (C=N–C) groups is 1. The van der Waals surface area contributed by atoms with E-state index in [1.54, 1.807) is 0 Å². The zero-order valence-electron chi connectivity index (χ0n) is 8.97. The first-order valence-electron chi connectivity index (χ1n) is 5.56. The van der Waals surface area contributed by atoms with Crippen LogP contribution >= 0.6 is 0 Å². The molecule has 0 unspecified atom stereocenters. The van der Waals surface area contributed by atoms with Crippen molar-refractivity contribution in [2.75, 3.05) is 13.1 Å². The van der Waals surface area contributed by atoms with Gasteiger partial charge in [-0.25, -0.2) is 0 Å². The molecule has 0 aromatic carbocycles. The van der Waals surface area contributed by atoms with Crippen LogP contribution in [0, 0.1) is 5.92 Å². The topological polar surface area (TPSA) is 24.4 Å². The maximum Gasteiger partial charge on any atom is 0.0963 e. The van der Waals surface area contributed by atoms with Gasteiger partial charge in [0.1, 0.15) is 0 Å². The molecule has 2 nitrogen and oxygen atoms in total.